The maximum atomic E-state index is 13.7. The third-order valence-corrected chi connectivity index (χ3v) is 10.5. The van der Waals surface area contributed by atoms with E-state index in [0.29, 0.717) is 12.8 Å². The van der Waals surface area contributed by atoms with Gasteiger partial charge < -0.3 is 29.2 Å². The number of aliphatic hydroxyl groups is 2. The molecule has 2 saturated heterocycles. The molecule has 10 heteroatoms. The highest BCUT2D eigenvalue weighted by Gasteiger charge is 2.90. The van der Waals surface area contributed by atoms with Gasteiger partial charge in [0, 0.05) is 24.7 Å². The van der Waals surface area contributed by atoms with Crippen LogP contribution in [0, 0.1) is 16.7 Å². The van der Waals surface area contributed by atoms with Gasteiger partial charge in [0.25, 0.3) is 5.60 Å². The van der Waals surface area contributed by atoms with Crippen LogP contribution in [-0.2, 0) is 51.0 Å². The molecular weight excluding hydrogens is 556 g/mol. The summed E-state index contributed by atoms with van der Waals surface area (Å²) in [5, 5.41) is 24.3. The Balaban J connectivity index is 1.35. The number of benzene rings is 2. The number of fused-ring (bicyclic) bond motifs is 4. The standard InChI is InChI=1S/C33H36O10/c1-20-17-23(41-25(34)15-13-21-9-5-3-6-10-21)33(39)30(2)19-40-29(38)32(30,24-18-31(20,33)27(36)28(37)42-24)43-26(35)16-14-22-11-7-4-8-12-22/h3-12,20,23-24,27,36,39H,13-19H2,1-2H3/t20-,23-,24-,27+,30-,31+,32-,33+/m1/s1. The fraction of sp³-hybridized carbons (Fsp3) is 0.515. The van der Waals surface area contributed by atoms with Crippen molar-refractivity contribution < 1.29 is 48.3 Å². The molecule has 0 amide bonds. The van der Waals surface area contributed by atoms with E-state index in [2.05, 4.69) is 0 Å². The number of carbonyl (C=O) groups is 4. The van der Waals surface area contributed by atoms with Crippen molar-refractivity contribution in [3.05, 3.63) is 71.8 Å². The summed E-state index contributed by atoms with van der Waals surface area (Å²) in [5.41, 5.74) is -5.88. The van der Waals surface area contributed by atoms with Gasteiger partial charge in [-0.1, -0.05) is 67.6 Å². The molecule has 2 N–H and O–H groups in total. The van der Waals surface area contributed by atoms with Crippen LogP contribution >= 0.6 is 0 Å². The minimum Gasteiger partial charge on any atom is -0.462 e. The maximum Gasteiger partial charge on any atom is 0.355 e. The number of cyclic esters (lactones) is 1. The molecule has 0 aromatic heterocycles. The van der Waals surface area contributed by atoms with Gasteiger partial charge in [-0.2, -0.15) is 0 Å². The number of aryl methyl sites for hydroxylation is 2. The fourth-order valence-corrected chi connectivity index (χ4v) is 8.30. The number of carbonyl (C=O) groups excluding carboxylic acids is 4. The van der Waals surface area contributed by atoms with Crippen molar-refractivity contribution >= 4 is 23.9 Å². The highest BCUT2D eigenvalue weighted by Crippen LogP contribution is 2.72. The van der Waals surface area contributed by atoms with Crippen LogP contribution in [0.4, 0.5) is 0 Å². The Morgan fingerprint density at radius 3 is 2.14 bits per heavy atom. The third-order valence-electron chi connectivity index (χ3n) is 10.5. The van der Waals surface area contributed by atoms with Crippen molar-refractivity contribution in [2.75, 3.05) is 6.61 Å². The summed E-state index contributed by atoms with van der Waals surface area (Å²) >= 11 is 0. The van der Waals surface area contributed by atoms with Crippen LogP contribution in [0.5, 0.6) is 0 Å². The highest BCUT2D eigenvalue weighted by molar-refractivity contribution is 5.90. The minimum absolute atomic E-state index is 0.0248. The lowest BCUT2D eigenvalue weighted by Gasteiger charge is -2.65. The SMILES string of the molecule is C[C@@H]1C[C@@H](OC(=O)CCc2ccccc2)[C@@]2(O)[C@@]13C[C@@H](OC(=O)[C@@H]3O)[C@@]1(OC(=O)CCc3ccccc3)C(=O)OC[C@@]21C. The molecule has 0 radical (unpaired) electrons. The molecule has 43 heavy (non-hydrogen) atoms. The van der Waals surface area contributed by atoms with E-state index in [1.807, 2.05) is 60.7 Å². The predicted octanol–water partition coefficient (Wildman–Crippen LogP) is 2.46. The van der Waals surface area contributed by atoms with Crippen LogP contribution in [0.2, 0.25) is 0 Å². The van der Waals surface area contributed by atoms with Crippen molar-refractivity contribution in [2.45, 2.75) is 81.9 Å². The Hall–Kier alpha value is -3.76. The van der Waals surface area contributed by atoms with Crippen LogP contribution in [0.1, 0.15) is 50.7 Å². The van der Waals surface area contributed by atoms with Gasteiger partial charge in [-0.3, -0.25) is 9.59 Å². The Morgan fingerprint density at radius 1 is 0.953 bits per heavy atom. The Morgan fingerprint density at radius 2 is 1.53 bits per heavy atom. The van der Waals surface area contributed by atoms with E-state index in [4.69, 9.17) is 18.9 Å². The number of esters is 4. The summed E-state index contributed by atoms with van der Waals surface area (Å²) in [6.07, 6.45) is -3.72. The molecule has 4 aliphatic rings. The summed E-state index contributed by atoms with van der Waals surface area (Å²) in [6.45, 7) is 2.89. The number of rotatable bonds is 8. The van der Waals surface area contributed by atoms with Crippen LogP contribution in [0.15, 0.2) is 60.7 Å². The van der Waals surface area contributed by atoms with Gasteiger partial charge in [-0.25, -0.2) is 9.59 Å². The topological polar surface area (TPSA) is 146 Å². The monoisotopic (exact) mass is 592 g/mol. The first kappa shape index (κ1) is 29.3. The smallest absolute Gasteiger partial charge is 0.355 e. The summed E-state index contributed by atoms with van der Waals surface area (Å²) in [6, 6.07) is 18.7. The molecule has 2 aromatic rings. The van der Waals surface area contributed by atoms with E-state index >= 15 is 0 Å². The lowest BCUT2D eigenvalue weighted by atomic mass is 9.43. The average Bonchev–Trinajstić information content (AvgIpc) is 3.39. The normalized spacial score (nSPS) is 37.5. The molecule has 2 bridgehead atoms. The minimum atomic E-state index is -2.21. The van der Waals surface area contributed by atoms with Crippen molar-refractivity contribution in [2.24, 2.45) is 16.7 Å². The largest absolute Gasteiger partial charge is 0.462 e. The second-order valence-electron chi connectivity index (χ2n) is 12.5. The van der Waals surface area contributed by atoms with Gasteiger partial charge in [0.05, 0.1) is 5.41 Å². The van der Waals surface area contributed by atoms with Crippen LogP contribution in [-0.4, -0.2) is 70.2 Å². The molecule has 2 heterocycles. The molecule has 8 atom stereocenters. The van der Waals surface area contributed by atoms with Crippen molar-refractivity contribution in [1.82, 2.24) is 0 Å². The van der Waals surface area contributed by atoms with Crippen molar-refractivity contribution in [3.63, 3.8) is 0 Å². The van der Waals surface area contributed by atoms with E-state index in [0.717, 1.165) is 11.1 Å². The first-order valence-electron chi connectivity index (χ1n) is 14.8. The zero-order chi connectivity index (χ0) is 30.6. The lowest BCUT2D eigenvalue weighted by molar-refractivity contribution is -0.336. The van der Waals surface area contributed by atoms with Crippen molar-refractivity contribution in [1.29, 1.82) is 0 Å². The quantitative estimate of drug-likeness (QED) is 0.346. The van der Waals surface area contributed by atoms with Crippen LogP contribution < -0.4 is 0 Å². The van der Waals surface area contributed by atoms with Gasteiger partial charge in [0.2, 0.25) is 0 Å². The first-order valence-corrected chi connectivity index (χ1v) is 14.8. The van der Waals surface area contributed by atoms with Gasteiger partial charge in [-0.15, -0.1) is 0 Å². The third kappa shape index (κ3) is 4.06. The molecule has 2 aliphatic heterocycles. The maximum absolute atomic E-state index is 13.7. The van der Waals surface area contributed by atoms with Gasteiger partial charge in [-0.05, 0) is 43.2 Å². The fourth-order valence-electron chi connectivity index (χ4n) is 8.30. The Labute approximate surface area is 249 Å². The molecule has 0 unspecified atom stereocenters. The van der Waals surface area contributed by atoms with E-state index in [1.54, 1.807) is 6.92 Å². The van der Waals surface area contributed by atoms with Crippen LogP contribution in [0.25, 0.3) is 0 Å². The summed E-state index contributed by atoms with van der Waals surface area (Å²) < 4.78 is 23.1. The molecule has 2 aromatic carbocycles. The summed E-state index contributed by atoms with van der Waals surface area (Å²) in [5.74, 6) is -3.85. The molecular formula is C33H36O10. The van der Waals surface area contributed by atoms with E-state index in [9.17, 15) is 29.4 Å². The Kier molecular flexibility index (Phi) is 7.12. The second kappa shape index (κ2) is 10.4. The molecule has 1 spiro atoms. The second-order valence-corrected chi connectivity index (χ2v) is 12.5. The lowest BCUT2D eigenvalue weighted by Crippen LogP contribution is -2.83. The van der Waals surface area contributed by atoms with Crippen LogP contribution in [0.3, 0.4) is 0 Å². The number of hydrogen-bond acceptors (Lipinski definition) is 10. The zero-order valence-corrected chi connectivity index (χ0v) is 24.2. The first-order chi connectivity index (χ1) is 20.5. The predicted molar refractivity (Wildman–Crippen MR) is 149 cm³/mol. The molecule has 6 rings (SSSR count). The van der Waals surface area contributed by atoms with E-state index in [1.165, 1.54) is 6.92 Å². The number of aliphatic hydroxyl groups excluding tert-OH is 1. The molecule has 228 valence electrons. The van der Waals surface area contributed by atoms with Gasteiger partial charge in [0.15, 0.2) is 12.2 Å². The number of ether oxygens (including phenoxy) is 4. The van der Waals surface area contributed by atoms with Gasteiger partial charge >= 0.3 is 23.9 Å². The Bertz CT molecular complexity index is 1430. The molecule has 10 nitrogen and oxygen atoms in total. The molecule has 2 aliphatic carbocycles. The summed E-state index contributed by atoms with van der Waals surface area (Å²) in [4.78, 5) is 53.4. The molecule has 2 saturated carbocycles. The van der Waals surface area contributed by atoms with E-state index in [-0.39, 0.29) is 25.7 Å². The summed E-state index contributed by atoms with van der Waals surface area (Å²) in [7, 11) is 0. The zero-order valence-electron chi connectivity index (χ0n) is 24.2. The van der Waals surface area contributed by atoms with E-state index < -0.39 is 76.7 Å². The number of hydrogen-bond donors (Lipinski definition) is 2. The average molecular weight is 593 g/mol. The van der Waals surface area contributed by atoms with Gasteiger partial charge in [0.1, 0.15) is 18.3 Å². The highest BCUT2D eigenvalue weighted by atomic mass is 16.6. The van der Waals surface area contributed by atoms with Crippen molar-refractivity contribution in [3.8, 4) is 0 Å². The molecule has 4 fully saturated rings.